The fraction of sp³-hybridized carbons (Fsp3) is 0.611. The number of piperidine rings is 1. The normalized spacial score (nSPS) is 27.1. The molecule has 5 heteroatoms. The van der Waals surface area contributed by atoms with Crippen LogP contribution in [0.25, 0.3) is 0 Å². The van der Waals surface area contributed by atoms with Crippen molar-refractivity contribution in [2.24, 2.45) is 0 Å². The van der Waals surface area contributed by atoms with Crippen molar-refractivity contribution in [1.29, 1.82) is 0 Å². The van der Waals surface area contributed by atoms with Crippen molar-refractivity contribution in [3.8, 4) is 0 Å². The topological polar surface area (TPSA) is 36.0 Å². The predicted octanol–water partition coefficient (Wildman–Crippen LogP) is 2.31. The van der Waals surface area contributed by atoms with Gasteiger partial charge in [0.2, 0.25) is 0 Å². The minimum absolute atomic E-state index is 0.178. The van der Waals surface area contributed by atoms with Gasteiger partial charge in [0.15, 0.2) is 0 Å². The van der Waals surface area contributed by atoms with Gasteiger partial charge >= 0.3 is 6.09 Å². The lowest BCUT2D eigenvalue weighted by Crippen LogP contribution is -2.47. The molecule has 2 fully saturated rings. The van der Waals surface area contributed by atoms with Crippen LogP contribution in [0.15, 0.2) is 24.3 Å². The highest BCUT2D eigenvalue weighted by molar-refractivity contribution is 5.91. The Bertz CT molecular complexity index is 583. The summed E-state index contributed by atoms with van der Waals surface area (Å²) < 4.78 is 5.32. The summed E-state index contributed by atoms with van der Waals surface area (Å²) in [6, 6.07) is 9.15. The number of benzene rings is 1. The van der Waals surface area contributed by atoms with E-state index >= 15 is 0 Å². The maximum absolute atomic E-state index is 12.1. The third kappa shape index (κ3) is 2.83. The Hall–Kier alpha value is -1.59. The van der Waals surface area contributed by atoms with Gasteiger partial charge in [0.1, 0.15) is 6.61 Å². The van der Waals surface area contributed by atoms with Crippen molar-refractivity contribution in [1.82, 2.24) is 9.80 Å². The minimum atomic E-state index is -0.185. The van der Waals surface area contributed by atoms with E-state index in [9.17, 15) is 4.79 Å². The molecule has 5 nitrogen and oxygen atoms in total. The Morgan fingerprint density at radius 2 is 1.78 bits per heavy atom. The van der Waals surface area contributed by atoms with E-state index in [1.807, 2.05) is 11.0 Å². The molecule has 4 rings (SSSR count). The second-order valence-corrected chi connectivity index (χ2v) is 7.02. The third-order valence-corrected chi connectivity index (χ3v) is 5.54. The average Bonchev–Trinajstić information content (AvgIpc) is 2.91. The fourth-order valence-electron chi connectivity index (χ4n) is 4.13. The van der Waals surface area contributed by atoms with E-state index in [4.69, 9.17) is 4.74 Å². The molecule has 0 aliphatic carbocycles. The van der Waals surface area contributed by atoms with E-state index in [2.05, 4.69) is 35.0 Å². The van der Waals surface area contributed by atoms with Gasteiger partial charge in [-0.1, -0.05) is 18.2 Å². The summed E-state index contributed by atoms with van der Waals surface area (Å²) in [7, 11) is 2.21. The quantitative estimate of drug-likeness (QED) is 0.797. The largest absolute Gasteiger partial charge is 0.447 e. The first-order chi connectivity index (χ1) is 11.2. The van der Waals surface area contributed by atoms with Gasteiger partial charge in [-0.25, -0.2) is 4.79 Å². The van der Waals surface area contributed by atoms with Gasteiger partial charge in [-0.3, -0.25) is 9.80 Å². The molecule has 0 radical (unpaired) electrons. The molecule has 0 spiro atoms. The number of fused-ring (bicyclic) bond motifs is 3. The standard InChI is InChI=1S/C18H25N3O2/c1-19-9-6-15(7-10-19)20-11-8-16-13-23-18(22)21(16)17-5-3-2-4-14(17)12-20/h2-5,15-16H,6-13H2,1H3/t16-/m0/s1. The molecule has 2 saturated heterocycles. The first-order valence-corrected chi connectivity index (χ1v) is 8.69. The van der Waals surface area contributed by atoms with Crippen LogP contribution in [0.4, 0.5) is 10.5 Å². The first kappa shape index (κ1) is 15.0. The number of hydrogen-bond acceptors (Lipinski definition) is 4. The number of amides is 1. The van der Waals surface area contributed by atoms with Crippen LogP contribution in [0.2, 0.25) is 0 Å². The summed E-state index contributed by atoms with van der Waals surface area (Å²) in [6.45, 7) is 4.86. The highest BCUT2D eigenvalue weighted by atomic mass is 16.6. The summed E-state index contributed by atoms with van der Waals surface area (Å²) in [5.74, 6) is 0. The number of carbonyl (C=O) groups excluding carboxylic acids is 1. The second kappa shape index (κ2) is 6.13. The molecule has 0 N–H and O–H groups in total. The number of ether oxygens (including phenoxy) is 1. The zero-order valence-electron chi connectivity index (χ0n) is 13.8. The smallest absolute Gasteiger partial charge is 0.414 e. The molecular weight excluding hydrogens is 290 g/mol. The van der Waals surface area contributed by atoms with E-state index in [0.717, 1.165) is 25.2 Å². The molecule has 3 aliphatic heterocycles. The van der Waals surface area contributed by atoms with Crippen LogP contribution < -0.4 is 4.90 Å². The van der Waals surface area contributed by atoms with Gasteiger partial charge in [-0.15, -0.1) is 0 Å². The number of nitrogens with zero attached hydrogens (tertiary/aromatic N) is 3. The van der Waals surface area contributed by atoms with E-state index in [-0.39, 0.29) is 12.1 Å². The lowest BCUT2D eigenvalue weighted by Gasteiger charge is -2.40. The number of cyclic esters (lactones) is 1. The summed E-state index contributed by atoms with van der Waals surface area (Å²) in [6.07, 6.45) is 3.28. The van der Waals surface area contributed by atoms with Gasteiger partial charge in [-0.05, 0) is 51.0 Å². The Labute approximate surface area is 137 Å². The number of anilines is 1. The molecule has 0 bridgehead atoms. The van der Waals surface area contributed by atoms with Crippen LogP contribution in [-0.2, 0) is 11.3 Å². The molecule has 0 unspecified atom stereocenters. The van der Waals surface area contributed by atoms with E-state index in [0.29, 0.717) is 12.6 Å². The number of carbonyl (C=O) groups is 1. The zero-order valence-corrected chi connectivity index (χ0v) is 13.8. The first-order valence-electron chi connectivity index (χ1n) is 8.69. The monoisotopic (exact) mass is 315 g/mol. The minimum Gasteiger partial charge on any atom is -0.447 e. The summed E-state index contributed by atoms with van der Waals surface area (Å²) in [4.78, 5) is 19.1. The van der Waals surface area contributed by atoms with Crippen molar-refractivity contribution in [3.05, 3.63) is 29.8 Å². The lowest BCUT2D eigenvalue weighted by atomic mass is 9.99. The van der Waals surface area contributed by atoms with E-state index in [1.165, 1.54) is 31.5 Å². The maximum atomic E-state index is 12.1. The molecule has 3 heterocycles. The van der Waals surface area contributed by atoms with Crippen molar-refractivity contribution in [3.63, 3.8) is 0 Å². The third-order valence-electron chi connectivity index (χ3n) is 5.54. The highest BCUT2D eigenvalue weighted by Crippen LogP contribution is 2.32. The second-order valence-electron chi connectivity index (χ2n) is 7.02. The molecule has 1 aromatic rings. The van der Waals surface area contributed by atoms with E-state index in [1.54, 1.807) is 0 Å². The summed E-state index contributed by atoms with van der Waals surface area (Å²) >= 11 is 0. The highest BCUT2D eigenvalue weighted by Gasteiger charge is 2.37. The van der Waals surface area contributed by atoms with Gasteiger partial charge in [0, 0.05) is 19.1 Å². The molecular formula is C18H25N3O2. The van der Waals surface area contributed by atoms with Crippen molar-refractivity contribution >= 4 is 11.8 Å². The maximum Gasteiger partial charge on any atom is 0.414 e. The molecule has 1 aromatic carbocycles. The molecule has 3 aliphatic rings. The van der Waals surface area contributed by atoms with Crippen LogP contribution in [0.3, 0.4) is 0 Å². The predicted molar refractivity (Wildman–Crippen MR) is 89.6 cm³/mol. The van der Waals surface area contributed by atoms with Crippen LogP contribution >= 0.6 is 0 Å². The number of likely N-dealkylation sites (tertiary alicyclic amines) is 1. The Morgan fingerprint density at radius 1 is 1.04 bits per heavy atom. The van der Waals surface area contributed by atoms with E-state index < -0.39 is 0 Å². The SMILES string of the molecule is CN1CCC(N2CC[C@H]3COC(=O)N3c3ccccc3C2)CC1. The zero-order chi connectivity index (χ0) is 15.8. The summed E-state index contributed by atoms with van der Waals surface area (Å²) in [5, 5.41) is 0. The van der Waals surface area contributed by atoms with Gasteiger partial charge in [0.25, 0.3) is 0 Å². The number of para-hydroxylation sites is 1. The Kier molecular flexibility index (Phi) is 3.99. The van der Waals surface area contributed by atoms with Crippen LogP contribution in [-0.4, -0.2) is 61.3 Å². The number of hydrogen-bond donors (Lipinski definition) is 0. The van der Waals surface area contributed by atoms with Gasteiger partial charge in [0.05, 0.1) is 11.7 Å². The molecule has 0 saturated carbocycles. The molecule has 23 heavy (non-hydrogen) atoms. The lowest BCUT2D eigenvalue weighted by molar-refractivity contribution is 0.109. The van der Waals surface area contributed by atoms with Crippen LogP contribution in [0.1, 0.15) is 24.8 Å². The van der Waals surface area contributed by atoms with Gasteiger partial charge < -0.3 is 9.64 Å². The Balaban J connectivity index is 1.61. The van der Waals surface area contributed by atoms with Crippen molar-refractivity contribution in [2.45, 2.75) is 37.9 Å². The number of rotatable bonds is 1. The molecule has 1 atom stereocenters. The van der Waals surface area contributed by atoms with Gasteiger partial charge in [-0.2, -0.15) is 0 Å². The molecule has 124 valence electrons. The molecule has 0 aromatic heterocycles. The summed E-state index contributed by atoms with van der Waals surface area (Å²) in [5.41, 5.74) is 2.28. The Morgan fingerprint density at radius 3 is 2.61 bits per heavy atom. The van der Waals surface area contributed by atoms with Crippen molar-refractivity contribution in [2.75, 3.05) is 38.2 Å². The van der Waals surface area contributed by atoms with Crippen molar-refractivity contribution < 1.29 is 9.53 Å². The molecule has 1 amide bonds. The fourth-order valence-corrected chi connectivity index (χ4v) is 4.13. The average molecular weight is 315 g/mol. The van der Waals surface area contributed by atoms with Crippen LogP contribution in [0, 0.1) is 0 Å². The van der Waals surface area contributed by atoms with Crippen LogP contribution in [0.5, 0.6) is 0 Å².